The predicted octanol–water partition coefficient (Wildman–Crippen LogP) is 5.93. The van der Waals surface area contributed by atoms with Crippen LogP contribution >= 0.6 is 0 Å². The number of aryl methyl sites for hydroxylation is 2. The third kappa shape index (κ3) is 5.72. The summed E-state index contributed by atoms with van der Waals surface area (Å²) in [6.07, 6.45) is 3.76. The Balaban J connectivity index is 1.33. The van der Waals surface area contributed by atoms with Crippen molar-refractivity contribution in [2.75, 3.05) is 7.11 Å². The molecule has 0 amide bonds. The number of halogens is 1. The highest BCUT2D eigenvalue weighted by Crippen LogP contribution is 2.28. The van der Waals surface area contributed by atoms with Crippen molar-refractivity contribution in [2.24, 2.45) is 0 Å². The minimum Gasteiger partial charge on any atom is -0.465 e. The summed E-state index contributed by atoms with van der Waals surface area (Å²) in [5.41, 5.74) is 3.59. The van der Waals surface area contributed by atoms with E-state index < -0.39 is 0 Å². The van der Waals surface area contributed by atoms with Gasteiger partial charge in [0, 0.05) is 5.56 Å². The Morgan fingerprint density at radius 2 is 1.82 bits per heavy atom. The molecule has 4 rings (SSSR count). The Bertz CT molecular complexity index is 1140. The predicted molar refractivity (Wildman–Crippen MR) is 125 cm³/mol. The number of ether oxygens (including phenoxy) is 3. The zero-order chi connectivity index (χ0) is 24.1. The molecule has 0 spiro atoms. The van der Waals surface area contributed by atoms with E-state index >= 15 is 0 Å². The Morgan fingerprint density at radius 1 is 1.09 bits per heavy atom. The van der Waals surface area contributed by atoms with Crippen molar-refractivity contribution >= 4 is 5.97 Å². The summed E-state index contributed by atoms with van der Waals surface area (Å²) in [6.45, 7) is 4.41. The largest absolute Gasteiger partial charge is 0.465 e. The first-order valence-corrected chi connectivity index (χ1v) is 11.6. The average Bonchev–Trinajstić information content (AvgIpc) is 3.22. The number of rotatable bonds is 8. The van der Waals surface area contributed by atoms with Crippen molar-refractivity contribution in [3.05, 3.63) is 76.4 Å². The second kappa shape index (κ2) is 10.9. The maximum Gasteiger partial charge on any atom is 0.338 e. The van der Waals surface area contributed by atoms with Gasteiger partial charge in [-0.25, -0.2) is 14.2 Å². The SMILES string of the molecule is COC(=O)c1c(C)cccc1CO[C@@H]1CCC[C@H](OCc2nc(-c3cccc(F)c3)oc2C)C1. The molecule has 0 saturated heterocycles. The van der Waals surface area contributed by atoms with Crippen LogP contribution in [0.2, 0.25) is 0 Å². The number of esters is 1. The van der Waals surface area contributed by atoms with Crippen LogP contribution in [-0.4, -0.2) is 30.3 Å². The summed E-state index contributed by atoms with van der Waals surface area (Å²) in [5, 5.41) is 0. The molecule has 180 valence electrons. The molecule has 0 N–H and O–H groups in total. The van der Waals surface area contributed by atoms with E-state index in [1.54, 1.807) is 12.1 Å². The van der Waals surface area contributed by atoms with Gasteiger partial charge in [-0.1, -0.05) is 24.3 Å². The van der Waals surface area contributed by atoms with E-state index in [-0.39, 0.29) is 24.0 Å². The number of carbonyl (C=O) groups is 1. The van der Waals surface area contributed by atoms with Gasteiger partial charge in [-0.3, -0.25) is 0 Å². The Labute approximate surface area is 199 Å². The molecule has 1 fully saturated rings. The molecule has 7 heteroatoms. The molecule has 6 nitrogen and oxygen atoms in total. The van der Waals surface area contributed by atoms with Crippen LogP contribution in [0.1, 0.15) is 58.6 Å². The Kier molecular flexibility index (Phi) is 7.75. The fourth-order valence-corrected chi connectivity index (χ4v) is 4.36. The maximum atomic E-state index is 13.5. The van der Waals surface area contributed by atoms with Crippen molar-refractivity contribution in [2.45, 2.75) is 65.0 Å². The van der Waals surface area contributed by atoms with Crippen LogP contribution in [0.5, 0.6) is 0 Å². The van der Waals surface area contributed by atoms with Gasteiger partial charge in [-0.15, -0.1) is 0 Å². The number of benzene rings is 2. The normalized spacial score (nSPS) is 18.1. The number of aromatic nitrogens is 1. The fraction of sp³-hybridized carbons (Fsp3) is 0.407. The van der Waals surface area contributed by atoms with Crippen LogP contribution in [0.25, 0.3) is 11.5 Å². The number of hydrogen-bond acceptors (Lipinski definition) is 6. The van der Waals surface area contributed by atoms with Crippen molar-refractivity contribution in [3.63, 3.8) is 0 Å². The molecule has 1 aliphatic carbocycles. The van der Waals surface area contributed by atoms with Crippen LogP contribution < -0.4 is 0 Å². The van der Waals surface area contributed by atoms with Gasteiger partial charge in [0.25, 0.3) is 0 Å². The highest BCUT2D eigenvalue weighted by Gasteiger charge is 2.25. The molecular weight excluding hydrogens is 437 g/mol. The Morgan fingerprint density at radius 3 is 2.56 bits per heavy atom. The van der Waals surface area contributed by atoms with Gasteiger partial charge in [-0.05, 0) is 68.9 Å². The van der Waals surface area contributed by atoms with E-state index in [4.69, 9.17) is 18.6 Å². The summed E-state index contributed by atoms with van der Waals surface area (Å²) in [5.74, 6) is 0.378. The number of methoxy groups -OCH3 is 1. The van der Waals surface area contributed by atoms with Gasteiger partial charge in [0.1, 0.15) is 17.3 Å². The standard InChI is InChI=1S/C27H30FNO5/c1-17-7-4-9-20(25(17)27(30)31-3)15-32-22-11-6-12-23(14-22)33-16-24-18(2)34-26(29-24)19-8-5-10-21(28)13-19/h4-5,7-10,13,22-23H,6,11-12,14-16H2,1-3H3/t22-,23+/m1/s1. The topological polar surface area (TPSA) is 70.8 Å². The average molecular weight is 468 g/mol. The lowest BCUT2D eigenvalue weighted by Crippen LogP contribution is -2.28. The highest BCUT2D eigenvalue weighted by molar-refractivity contribution is 5.92. The molecule has 1 heterocycles. The van der Waals surface area contributed by atoms with Crippen molar-refractivity contribution in [1.29, 1.82) is 0 Å². The summed E-state index contributed by atoms with van der Waals surface area (Å²) < 4.78 is 36.5. The quantitative estimate of drug-likeness (QED) is 0.383. The van der Waals surface area contributed by atoms with E-state index in [1.165, 1.54) is 19.2 Å². The van der Waals surface area contributed by atoms with E-state index in [0.717, 1.165) is 36.8 Å². The van der Waals surface area contributed by atoms with E-state index in [2.05, 4.69) is 4.98 Å². The van der Waals surface area contributed by atoms with Crippen molar-refractivity contribution in [3.8, 4) is 11.5 Å². The molecule has 1 saturated carbocycles. The summed E-state index contributed by atoms with van der Waals surface area (Å²) in [7, 11) is 1.39. The molecule has 0 radical (unpaired) electrons. The zero-order valence-electron chi connectivity index (χ0n) is 19.8. The van der Waals surface area contributed by atoms with Gasteiger partial charge in [0.15, 0.2) is 0 Å². The molecular formula is C27H30FNO5. The van der Waals surface area contributed by atoms with E-state index in [0.29, 0.717) is 41.7 Å². The third-order valence-corrected chi connectivity index (χ3v) is 6.22. The number of carbonyl (C=O) groups excluding carboxylic acids is 1. The number of nitrogens with zero attached hydrogens (tertiary/aromatic N) is 1. The van der Waals surface area contributed by atoms with E-state index in [9.17, 15) is 9.18 Å². The monoisotopic (exact) mass is 467 g/mol. The van der Waals surface area contributed by atoms with Gasteiger partial charge in [-0.2, -0.15) is 0 Å². The summed E-state index contributed by atoms with van der Waals surface area (Å²) in [6, 6.07) is 11.9. The van der Waals surface area contributed by atoms with Gasteiger partial charge in [0.2, 0.25) is 5.89 Å². The first kappa shape index (κ1) is 24.1. The minimum absolute atomic E-state index is 0.0463. The second-order valence-corrected chi connectivity index (χ2v) is 8.67. The lowest BCUT2D eigenvalue weighted by atomic mass is 9.94. The highest BCUT2D eigenvalue weighted by atomic mass is 19.1. The van der Waals surface area contributed by atoms with Crippen LogP contribution in [0.3, 0.4) is 0 Å². The lowest BCUT2D eigenvalue weighted by molar-refractivity contribution is -0.0564. The molecule has 0 bridgehead atoms. The van der Waals surface area contributed by atoms with E-state index in [1.807, 2.05) is 32.0 Å². The van der Waals surface area contributed by atoms with Crippen molar-refractivity contribution < 1.29 is 27.8 Å². The maximum absolute atomic E-state index is 13.5. The number of hydrogen-bond donors (Lipinski definition) is 0. The van der Waals surface area contributed by atoms with Crippen LogP contribution in [0.4, 0.5) is 4.39 Å². The van der Waals surface area contributed by atoms with Crippen LogP contribution in [0.15, 0.2) is 46.9 Å². The summed E-state index contributed by atoms with van der Waals surface area (Å²) >= 11 is 0. The second-order valence-electron chi connectivity index (χ2n) is 8.67. The molecule has 0 unspecified atom stereocenters. The lowest BCUT2D eigenvalue weighted by Gasteiger charge is -2.29. The van der Waals surface area contributed by atoms with Gasteiger partial charge >= 0.3 is 5.97 Å². The fourth-order valence-electron chi connectivity index (χ4n) is 4.36. The minimum atomic E-state index is -0.345. The first-order valence-electron chi connectivity index (χ1n) is 11.6. The molecule has 0 aliphatic heterocycles. The summed E-state index contributed by atoms with van der Waals surface area (Å²) in [4.78, 5) is 16.7. The molecule has 1 aromatic heterocycles. The molecule has 3 aromatic rings. The number of oxazole rings is 1. The molecule has 2 atom stereocenters. The van der Waals surface area contributed by atoms with Gasteiger partial charge < -0.3 is 18.6 Å². The zero-order valence-corrected chi connectivity index (χ0v) is 19.8. The smallest absolute Gasteiger partial charge is 0.338 e. The molecule has 2 aromatic carbocycles. The molecule has 34 heavy (non-hydrogen) atoms. The van der Waals surface area contributed by atoms with Crippen molar-refractivity contribution in [1.82, 2.24) is 4.98 Å². The third-order valence-electron chi connectivity index (χ3n) is 6.22. The first-order chi connectivity index (χ1) is 16.4. The molecule has 1 aliphatic rings. The van der Waals surface area contributed by atoms with Crippen LogP contribution in [0, 0.1) is 19.7 Å². The van der Waals surface area contributed by atoms with Crippen LogP contribution in [-0.2, 0) is 27.4 Å². The Hall–Kier alpha value is -3.03. The van der Waals surface area contributed by atoms with Gasteiger partial charge in [0.05, 0.1) is 38.1 Å².